The SMILES string of the molecule is Nc1nc(SCC(=O)Nc2cccc(F)c2)[nH]c(=O)c1NC(=O)c1ccc(Cl)cc1. The van der Waals surface area contributed by atoms with Crippen LogP contribution in [0.3, 0.4) is 0 Å². The van der Waals surface area contributed by atoms with Crippen molar-refractivity contribution in [3.05, 3.63) is 75.3 Å². The number of carbonyl (C=O) groups excluding carboxylic acids is 2. The number of nitrogen functional groups attached to an aromatic ring is 1. The van der Waals surface area contributed by atoms with Gasteiger partial charge in [-0.3, -0.25) is 19.4 Å². The van der Waals surface area contributed by atoms with E-state index in [-0.39, 0.29) is 28.0 Å². The lowest BCUT2D eigenvalue weighted by molar-refractivity contribution is -0.113. The number of nitrogens with zero attached hydrogens (tertiary/aromatic N) is 1. The Bertz CT molecular complexity index is 1150. The van der Waals surface area contributed by atoms with Gasteiger partial charge in [0.2, 0.25) is 5.91 Å². The van der Waals surface area contributed by atoms with E-state index in [2.05, 4.69) is 20.6 Å². The molecule has 154 valence electrons. The van der Waals surface area contributed by atoms with Crippen LogP contribution in [0.25, 0.3) is 0 Å². The van der Waals surface area contributed by atoms with Crippen LogP contribution in [0.15, 0.2) is 58.5 Å². The smallest absolute Gasteiger partial charge is 0.277 e. The molecule has 5 N–H and O–H groups in total. The molecule has 2 aromatic carbocycles. The van der Waals surface area contributed by atoms with Crippen LogP contribution in [-0.4, -0.2) is 27.5 Å². The first-order valence-electron chi connectivity index (χ1n) is 8.47. The highest BCUT2D eigenvalue weighted by atomic mass is 35.5. The first kappa shape index (κ1) is 21.3. The van der Waals surface area contributed by atoms with Crippen molar-refractivity contribution in [1.29, 1.82) is 0 Å². The van der Waals surface area contributed by atoms with Crippen molar-refractivity contribution in [1.82, 2.24) is 9.97 Å². The molecule has 0 fully saturated rings. The van der Waals surface area contributed by atoms with Crippen LogP contribution in [0.1, 0.15) is 10.4 Å². The number of thioether (sulfide) groups is 1. The summed E-state index contributed by atoms with van der Waals surface area (Å²) in [4.78, 5) is 43.0. The van der Waals surface area contributed by atoms with Crippen LogP contribution >= 0.6 is 23.4 Å². The molecule has 3 rings (SSSR count). The zero-order valence-corrected chi connectivity index (χ0v) is 16.8. The monoisotopic (exact) mass is 447 g/mol. The minimum Gasteiger partial charge on any atom is -0.382 e. The number of aromatic amines is 1. The Morgan fingerprint density at radius 1 is 1.17 bits per heavy atom. The van der Waals surface area contributed by atoms with Crippen LogP contribution < -0.4 is 21.9 Å². The molecule has 0 aliphatic carbocycles. The number of H-pyrrole nitrogens is 1. The number of hydrogen-bond acceptors (Lipinski definition) is 6. The third kappa shape index (κ3) is 5.58. The second-order valence-corrected chi connectivity index (χ2v) is 7.34. The largest absolute Gasteiger partial charge is 0.382 e. The molecule has 0 atom stereocenters. The van der Waals surface area contributed by atoms with Crippen molar-refractivity contribution >= 4 is 52.4 Å². The summed E-state index contributed by atoms with van der Waals surface area (Å²) >= 11 is 6.71. The number of nitrogens with one attached hydrogen (secondary N) is 3. The minimum absolute atomic E-state index is 0.0939. The number of carbonyl (C=O) groups is 2. The molecule has 1 aromatic heterocycles. The fourth-order valence-electron chi connectivity index (χ4n) is 2.34. The summed E-state index contributed by atoms with van der Waals surface area (Å²) in [7, 11) is 0. The average Bonchev–Trinajstić information content (AvgIpc) is 2.69. The van der Waals surface area contributed by atoms with Gasteiger partial charge in [0.25, 0.3) is 11.5 Å². The van der Waals surface area contributed by atoms with Gasteiger partial charge in [0, 0.05) is 16.3 Å². The van der Waals surface area contributed by atoms with E-state index in [0.29, 0.717) is 10.7 Å². The maximum atomic E-state index is 13.2. The average molecular weight is 448 g/mol. The van der Waals surface area contributed by atoms with Crippen molar-refractivity contribution in [3.63, 3.8) is 0 Å². The van der Waals surface area contributed by atoms with Gasteiger partial charge in [-0.1, -0.05) is 29.4 Å². The summed E-state index contributed by atoms with van der Waals surface area (Å²) in [6.07, 6.45) is 0. The number of amides is 2. The number of rotatable bonds is 6. The molecule has 30 heavy (non-hydrogen) atoms. The summed E-state index contributed by atoms with van der Waals surface area (Å²) in [6, 6.07) is 11.5. The molecule has 0 unspecified atom stereocenters. The fraction of sp³-hybridized carbons (Fsp3) is 0.0526. The number of aromatic nitrogens is 2. The van der Waals surface area contributed by atoms with E-state index >= 15 is 0 Å². The highest BCUT2D eigenvalue weighted by Gasteiger charge is 2.15. The lowest BCUT2D eigenvalue weighted by atomic mass is 10.2. The van der Waals surface area contributed by atoms with Crippen LogP contribution in [0.5, 0.6) is 0 Å². The van der Waals surface area contributed by atoms with Crippen LogP contribution in [0, 0.1) is 5.82 Å². The zero-order valence-electron chi connectivity index (χ0n) is 15.2. The van der Waals surface area contributed by atoms with Gasteiger partial charge in [0.1, 0.15) is 11.5 Å². The number of anilines is 3. The molecular formula is C19H15ClFN5O3S. The first-order valence-corrected chi connectivity index (χ1v) is 9.83. The normalized spacial score (nSPS) is 10.5. The maximum Gasteiger partial charge on any atom is 0.277 e. The minimum atomic E-state index is -0.669. The quantitative estimate of drug-likeness (QED) is 0.339. The maximum absolute atomic E-state index is 13.2. The Morgan fingerprint density at radius 3 is 2.57 bits per heavy atom. The molecule has 2 amide bonds. The van der Waals surface area contributed by atoms with E-state index in [1.807, 2.05) is 0 Å². The van der Waals surface area contributed by atoms with Crippen LogP contribution in [0.2, 0.25) is 5.02 Å². The Morgan fingerprint density at radius 2 is 1.90 bits per heavy atom. The second-order valence-electron chi connectivity index (χ2n) is 5.94. The molecule has 3 aromatic rings. The van der Waals surface area contributed by atoms with Crippen LogP contribution in [-0.2, 0) is 4.79 Å². The van der Waals surface area contributed by atoms with Crippen molar-refractivity contribution in [3.8, 4) is 0 Å². The fourth-order valence-corrected chi connectivity index (χ4v) is 3.14. The van der Waals surface area contributed by atoms with E-state index in [0.717, 1.165) is 11.8 Å². The third-order valence-electron chi connectivity index (χ3n) is 3.72. The summed E-state index contributed by atoms with van der Waals surface area (Å²) in [5.41, 5.74) is 5.51. The van der Waals surface area contributed by atoms with Crippen LogP contribution in [0.4, 0.5) is 21.6 Å². The van der Waals surface area contributed by atoms with Gasteiger partial charge in [-0.05, 0) is 42.5 Å². The Balaban J connectivity index is 1.64. The van der Waals surface area contributed by atoms with Gasteiger partial charge in [-0.15, -0.1) is 0 Å². The molecule has 0 aliphatic heterocycles. The molecule has 0 bridgehead atoms. The molecule has 11 heteroatoms. The Labute approximate surface area is 179 Å². The van der Waals surface area contributed by atoms with Gasteiger partial charge in [-0.25, -0.2) is 9.37 Å². The molecular weight excluding hydrogens is 433 g/mol. The third-order valence-corrected chi connectivity index (χ3v) is 4.84. The molecule has 1 heterocycles. The predicted octanol–water partition coefficient (Wildman–Crippen LogP) is 3.13. The number of benzene rings is 2. The lowest BCUT2D eigenvalue weighted by Crippen LogP contribution is -2.23. The highest BCUT2D eigenvalue weighted by Crippen LogP contribution is 2.18. The van der Waals surface area contributed by atoms with Gasteiger partial charge in [0.05, 0.1) is 5.75 Å². The van der Waals surface area contributed by atoms with E-state index in [1.54, 1.807) is 6.07 Å². The molecule has 8 nitrogen and oxygen atoms in total. The van der Waals surface area contributed by atoms with Crippen molar-refractivity contribution in [2.24, 2.45) is 0 Å². The van der Waals surface area contributed by atoms with Gasteiger partial charge >= 0.3 is 0 Å². The van der Waals surface area contributed by atoms with E-state index in [1.165, 1.54) is 42.5 Å². The van der Waals surface area contributed by atoms with Crippen molar-refractivity contribution in [2.45, 2.75) is 5.16 Å². The Kier molecular flexibility index (Phi) is 6.70. The first-order chi connectivity index (χ1) is 14.3. The van der Waals surface area contributed by atoms with E-state index in [9.17, 15) is 18.8 Å². The zero-order chi connectivity index (χ0) is 21.7. The molecule has 0 saturated heterocycles. The van der Waals surface area contributed by atoms with Crippen molar-refractivity contribution in [2.75, 3.05) is 22.1 Å². The molecule has 0 aliphatic rings. The van der Waals surface area contributed by atoms with E-state index < -0.39 is 23.2 Å². The number of halogens is 2. The van der Waals surface area contributed by atoms with Gasteiger partial charge in [-0.2, -0.15) is 0 Å². The predicted molar refractivity (Wildman–Crippen MR) is 114 cm³/mol. The standard InChI is InChI=1S/C19H15ClFN5O3S/c20-11-6-4-10(5-7-11)17(28)24-15-16(22)25-19(26-18(15)29)30-9-14(27)23-13-3-1-2-12(21)8-13/h1-8H,9H2,(H,23,27)(H,24,28)(H3,22,25,26,29). The molecule has 0 radical (unpaired) electrons. The summed E-state index contributed by atoms with van der Waals surface area (Å²) in [5, 5.41) is 5.49. The highest BCUT2D eigenvalue weighted by molar-refractivity contribution is 7.99. The van der Waals surface area contributed by atoms with Gasteiger partial charge in [0.15, 0.2) is 11.0 Å². The molecule has 0 spiro atoms. The van der Waals surface area contributed by atoms with E-state index in [4.69, 9.17) is 17.3 Å². The number of nitrogens with two attached hydrogens (primary N) is 1. The topological polar surface area (TPSA) is 130 Å². The molecule has 0 saturated carbocycles. The lowest BCUT2D eigenvalue weighted by Gasteiger charge is -2.09. The van der Waals surface area contributed by atoms with Crippen molar-refractivity contribution < 1.29 is 14.0 Å². The number of hydrogen-bond donors (Lipinski definition) is 4. The van der Waals surface area contributed by atoms with Gasteiger partial charge < -0.3 is 16.4 Å². The summed E-state index contributed by atoms with van der Waals surface area (Å²) < 4.78 is 13.2. The summed E-state index contributed by atoms with van der Waals surface area (Å²) in [6.45, 7) is 0. The second kappa shape index (κ2) is 9.42. The Hall–Kier alpha value is -3.37. The summed E-state index contributed by atoms with van der Waals surface area (Å²) in [5.74, 6) is -1.76.